The molecule has 0 amide bonds. The number of hydrogen-bond acceptors (Lipinski definition) is 3. The van der Waals surface area contributed by atoms with Gasteiger partial charge in [-0.3, -0.25) is 0 Å². The van der Waals surface area contributed by atoms with Crippen molar-refractivity contribution in [2.75, 3.05) is 13.1 Å². The molecule has 0 aliphatic carbocycles. The Morgan fingerprint density at radius 3 is 2.70 bits per heavy atom. The van der Waals surface area contributed by atoms with Crippen molar-refractivity contribution in [2.24, 2.45) is 5.73 Å². The number of piperidine rings is 1. The zero-order valence-corrected chi connectivity index (χ0v) is 6.14. The third kappa shape index (κ3) is 2.27. The summed E-state index contributed by atoms with van der Waals surface area (Å²) in [6.07, 6.45) is 5.76. The number of nitrogens with one attached hydrogen (secondary N) is 2. The van der Waals surface area contributed by atoms with Gasteiger partial charge in [-0.15, -0.1) is 0 Å². The van der Waals surface area contributed by atoms with E-state index in [4.69, 9.17) is 5.73 Å². The van der Waals surface area contributed by atoms with E-state index in [2.05, 4.69) is 10.6 Å². The van der Waals surface area contributed by atoms with Crippen molar-refractivity contribution in [2.45, 2.75) is 18.9 Å². The topological polar surface area (TPSA) is 50.1 Å². The van der Waals surface area contributed by atoms with Crippen molar-refractivity contribution >= 4 is 0 Å². The lowest BCUT2D eigenvalue weighted by atomic mass is 10.1. The molecule has 0 aromatic heterocycles. The van der Waals surface area contributed by atoms with Crippen LogP contribution in [0, 0.1) is 0 Å². The minimum Gasteiger partial charge on any atom is -0.403 e. The van der Waals surface area contributed by atoms with Crippen molar-refractivity contribution in [3.05, 3.63) is 12.4 Å². The predicted molar refractivity (Wildman–Crippen MR) is 42.4 cm³/mol. The summed E-state index contributed by atoms with van der Waals surface area (Å²) in [6.45, 7) is 2.24. The van der Waals surface area contributed by atoms with Gasteiger partial charge in [0.2, 0.25) is 0 Å². The fourth-order valence-corrected chi connectivity index (χ4v) is 1.18. The Hall–Kier alpha value is -0.700. The molecule has 1 saturated heterocycles. The van der Waals surface area contributed by atoms with E-state index in [9.17, 15) is 0 Å². The first-order valence-corrected chi connectivity index (χ1v) is 3.77. The molecule has 1 rings (SSSR count). The highest BCUT2D eigenvalue weighted by molar-refractivity contribution is 4.81. The van der Waals surface area contributed by atoms with E-state index in [0.717, 1.165) is 13.1 Å². The number of nitrogens with two attached hydrogens (primary N) is 1. The number of hydrogen-bond donors (Lipinski definition) is 3. The smallest absolute Gasteiger partial charge is 0.0280 e. The summed E-state index contributed by atoms with van der Waals surface area (Å²) in [5.41, 5.74) is 5.19. The van der Waals surface area contributed by atoms with Gasteiger partial charge in [-0.05, 0) is 25.9 Å². The lowest BCUT2D eigenvalue weighted by Crippen LogP contribution is -2.37. The van der Waals surface area contributed by atoms with Crippen LogP contribution in [0.5, 0.6) is 0 Å². The van der Waals surface area contributed by atoms with Crippen molar-refractivity contribution < 1.29 is 0 Å². The molecule has 0 radical (unpaired) electrons. The molecule has 1 aliphatic rings. The van der Waals surface area contributed by atoms with Crippen LogP contribution < -0.4 is 16.4 Å². The van der Waals surface area contributed by atoms with Gasteiger partial charge in [-0.2, -0.15) is 0 Å². The molecule has 1 fully saturated rings. The van der Waals surface area contributed by atoms with E-state index in [1.807, 2.05) is 6.20 Å². The van der Waals surface area contributed by atoms with Crippen LogP contribution in [0.3, 0.4) is 0 Å². The maximum atomic E-state index is 5.19. The molecule has 0 spiro atoms. The third-order valence-corrected chi connectivity index (χ3v) is 1.77. The Morgan fingerprint density at radius 2 is 2.10 bits per heavy atom. The van der Waals surface area contributed by atoms with E-state index in [0.29, 0.717) is 6.04 Å². The second-order valence-corrected chi connectivity index (χ2v) is 2.55. The highest BCUT2D eigenvalue weighted by Crippen LogP contribution is 2.00. The first-order valence-electron chi connectivity index (χ1n) is 3.77. The van der Waals surface area contributed by atoms with Crippen molar-refractivity contribution in [3.63, 3.8) is 0 Å². The average molecular weight is 141 g/mol. The lowest BCUT2D eigenvalue weighted by molar-refractivity contribution is 0.420. The number of rotatable bonds is 2. The summed E-state index contributed by atoms with van der Waals surface area (Å²) in [6, 6.07) is 0.626. The minimum atomic E-state index is 0.626. The maximum Gasteiger partial charge on any atom is 0.0280 e. The molecule has 0 bridgehead atoms. The van der Waals surface area contributed by atoms with Crippen LogP contribution in [-0.2, 0) is 0 Å². The summed E-state index contributed by atoms with van der Waals surface area (Å²) in [5, 5.41) is 6.52. The normalized spacial score (nSPS) is 21.6. The Bertz CT molecular complexity index is 105. The van der Waals surface area contributed by atoms with Gasteiger partial charge in [0.1, 0.15) is 0 Å². The van der Waals surface area contributed by atoms with E-state index in [1.165, 1.54) is 12.8 Å². The van der Waals surface area contributed by atoms with Gasteiger partial charge >= 0.3 is 0 Å². The second kappa shape index (κ2) is 4.17. The molecule has 0 atom stereocenters. The zero-order chi connectivity index (χ0) is 7.23. The molecule has 3 nitrogen and oxygen atoms in total. The Labute approximate surface area is 61.7 Å². The largest absolute Gasteiger partial charge is 0.403 e. The maximum absolute atomic E-state index is 5.19. The van der Waals surface area contributed by atoms with Crippen LogP contribution in [0.2, 0.25) is 0 Å². The fourth-order valence-electron chi connectivity index (χ4n) is 1.18. The summed E-state index contributed by atoms with van der Waals surface area (Å²) >= 11 is 0. The summed E-state index contributed by atoms with van der Waals surface area (Å²) in [4.78, 5) is 0. The van der Waals surface area contributed by atoms with Crippen LogP contribution >= 0.6 is 0 Å². The van der Waals surface area contributed by atoms with E-state index >= 15 is 0 Å². The van der Waals surface area contributed by atoms with Crippen LogP contribution in [0.15, 0.2) is 12.4 Å². The molecule has 1 heterocycles. The van der Waals surface area contributed by atoms with Gasteiger partial charge in [-0.1, -0.05) is 0 Å². The third-order valence-electron chi connectivity index (χ3n) is 1.77. The molecular formula is C7H15N3. The van der Waals surface area contributed by atoms with Gasteiger partial charge in [-0.25, -0.2) is 0 Å². The first-order chi connectivity index (χ1) is 4.93. The minimum absolute atomic E-state index is 0.626. The molecule has 0 saturated carbocycles. The summed E-state index contributed by atoms with van der Waals surface area (Å²) < 4.78 is 0. The van der Waals surface area contributed by atoms with Crippen molar-refractivity contribution in [3.8, 4) is 0 Å². The fraction of sp³-hybridized carbons (Fsp3) is 0.714. The van der Waals surface area contributed by atoms with E-state index < -0.39 is 0 Å². The molecular weight excluding hydrogens is 126 g/mol. The van der Waals surface area contributed by atoms with Gasteiger partial charge in [0, 0.05) is 18.4 Å². The van der Waals surface area contributed by atoms with Gasteiger partial charge in [0.15, 0.2) is 0 Å². The first kappa shape index (κ1) is 7.41. The standard InChI is InChI=1S/C7H15N3/c8-3-6-10-7-1-4-9-5-2-7/h3,6-7,9-10H,1-2,4-5,8H2. The molecule has 3 heteroatoms. The SMILES string of the molecule is NC=CNC1CCNCC1. The molecule has 1 aliphatic heterocycles. The van der Waals surface area contributed by atoms with Crippen molar-refractivity contribution in [1.29, 1.82) is 0 Å². The quantitative estimate of drug-likeness (QED) is 0.497. The Balaban J connectivity index is 2.13. The van der Waals surface area contributed by atoms with Gasteiger partial charge < -0.3 is 16.4 Å². The van der Waals surface area contributed by atoms with E-state index in [-0.39, 0.29) is 0 Å². The lowest BCUT2D eigenvalue weighted by Gasteiger charge is -2.22. The van der Waals surface area contributed by atoms with E-state index in [1.54, 1.807) is 6.20 Å². The molecule has 0 unspecified atom stereocenters. The Kier molecular flexibility index (Phi) is 3.09. The molecule has 10 heavy (non-hydrogen) atoms. The molecule has 58 valence electrons. The molecule has 0 aromatic rings. The van der Waals surface area contributed by atoms with Crippen molar-refractivity contribution in [1.82, 2.24) is 10.6 Å². The highest BCUT2D eigenvalue weighted by atomic mass is 15.0. The van der Waals surface area contributed by atoms with Crippen LogP contribution in [-0.4, -0.2) is 19.1 Å². The summed E-state index contributed by atoms with van der Waals surface area (Å²) in [5.74, 6) is 0. The van der Waals surface area contributed by atoms with Gasteiger partial charge in [0.05, 0.1) is 0 Å². The highest BCUT2D eigenvalue weighted by Gasteiger charge is 2.09. The second-order valence-electron chi connectivity index (χ2n) is 2.55. The van der Waals surface area contributed by atoms with Crippen LogP contribution in [0.1, 0.15) is 12.8 Å². The monoisotopic (exact) mass is 141 g/mol. The van der Waals surface area contributed by atoms with Gasteiger partial charge in [0.25, 0.3) is 0 Å². The van der Waals surface area contributed by atoms with Crippen LogP contribution in [0.4, 0.5) is 0 Å². The van der Waals surface area contributed by atoms with Crippen LogP contribution in [0.25, 0.3) is 0 Å². The summed E-state index contributed by atoms with van der Waals surface area (Å²) in [7, 11) is 0. The zero-order valence-electron chi connectivity index (χ0n) is 6.14. The average Bonchev–Trinajstić information content (AvgIpc) is 2.03. The predicted octanol–water partition coefficient (Wildman–Crippen LogP) is -0.242. The Morgan fingerprint density at radius 1 is 1.40 bits per heavy atom. The molecule has 0 aromatic carbocycles. The molecule has 4 N–H and O–H groups in total.